The SMILES string of the molecule is C=C(C)CC(N=C(N)N)C(=O)NCCCCCCCCOc1ccc(OCc2ccccc2)cc1.C=CC=C. The molecule has 0 aliphatic rings. The Morgan fingerprint density at radius 1 is 0.897 bits per heavy atom. The van der Waals surface area contributed by atoms with E-state index in [1.54, 1.807) is 12.2 Å². The minimum absolute atomic E-state index is 0.0831. The van der Waals surface area contributed by atoms with Gasteiger partial charge in [-0.05, 0) is 56.0 Å². The highest BCUT2D eigenvalue weighted by Gasteiger charge is 2.17. The lowest BCUT2D eigenvalue weighted by Gasteiger charge is -2.13. The third kappa shape index (κ3) is 17.2. The Morgan fingerprint density at radius 2 is 1.46 bits per heavy atom. The molecule has 2 aromatic carbocycles. The number of rotatable bonds is 18. The van der Waals surface area contributed by atoms with Gasteiger partial charge in [-0.15, -0.1) is 6.58 Å². The Balaban J connectivity index is 0.00000177. The molecule has 0 bridgehead atoms. The van der Waals surface area contributed by atoms with E-state index in [9.17, 15) is 4.79 Å². The monoisotopic (exact) mass is 534 g/mol. The Bertz CT molecular complexity index is 994. The second kappa shape index (κ2) is 21.0. The van der Waals surface area contributed by atoms with Gasteiger partial charge < -0.3 is 26.3 Å². The molecule has 7 heteroatoms. The van der Waals surface area contributed by atoms with E-state index in [1.165, 1.54) is 0 Å². The molecule has 0 spiro atoms. The number of benzene rings is 2. The Morgan fingerprint density at radius 3 is 2.03 bits per heavy atom. The van der Waals surface area contributed by atoms with Crippen molar-refractivity contribution in [2.75, 3.05) is 13.2 Å². The van der Waals surface area contributed by atoms with Gasteiger partial charge in [-0.3, -0.25) is 4.79 Å². The van der Waals surface area contributed by atoms with E-state index in [4.69, 9.17) is 20.9 Å². The molecule has 0 fully saturated rings. The Kier molecular flexibility index (Phi) is 17.8. The van der Waals surface area contributed by atoms with Gasteiger partial charge in [-0.2, -0.15) is 0 Å². The number of allylic oxidation sites excluding steroid dienone is 2. The molecule has 0 aliphatic heterocycles. The number of ether oxygens (including phenoxy) is 2. The predicted octanol–water partition coefficient (Wildman–Crippen LogP) is 6.07. The Hall–Kier alpha value is -4.00. The number of unbranched alkanes of at least 4 members (excludes halogenated alkanes) is 5. The van der Waals surface area contributed by atoms with E-state index in [0.29, 0.717) is 26.2 Å². The van der Waals surface area contributed by atoms with E-state index >= 15 is 0 Å². The molecule has 0 aliphatic carbocycles. The number of carbonyl (C=O) groups excluding carboxylic acids is 1. The molecule has 1 amide bonds. The number of hydrogen-bond acceptors (Lipinski definition) is 4. The molecule has 0 saturated heterocycles. The third-order valence-electron chi connectivity index (χ3n) is 5.53. The van der Waals surface area contributed by atoms with Crippen LogP contribution >= 0.6 is 0 Å². The third-order valence-corrected chi connectivity index (χ3v) is 5.53. The van der Waals surface area contributed by atoms with Crippen LogP contribution in [-0.4, -0.2) is 31.1 Å². The minimum Gasteiger partial charge on any atom is -0.494 e. The van der Waals surface area contributed by atoms with E-state index in [1.807, 2.05) is 61.5 Å². The summed E-state index contributed by atoms with van der Waals surface area (Å²) in [7, 11) is 0. The molecule has 1 unspecified atom stereocenters. The van der Waals surface area contributed by atoms with Crippen molar-refractivity contribution in [3.8, 4) is 11.5 Å². The fraction of sp³-hybridized carbons (Fsp3) is 0.375. The van der Waals surface area contributed by atoms with Gasteiger partial charge in [0, 0.05) is 6.54 Å². The van der Waals surface area contributed by atoms with Crippen molar-refractivity contribution in [2.24, 2.45) is 16.5 Å². The van der Waals surface area contributed by atoms with Crippen LogP contribution < -0.4 is 26.3 Å². The van der Waals surface area contributed by atoms with Gasteiger partial charge >= 0.3 is 0 Å². The van der Waals surface area contributed by atoms with Crippen molar-refractivity contribution in [3.05, 3.63) is 97.6 Å². The van der Waals surface area contributed by atoms with Crippen molar-refractivity contribution < 1.29 is 14.3 Å². The Labute approximate surface area is 234 Å². The van der Waals surface area contributed by atoms with Gasteiger partial charge in [-0.1, -0.05) is 86.9 Å². The molecule has 212 valence electrons. The highest BCUT2D eigenvalue weighted by molar-refractivity contribution is 5.86. The summed E-state index contributed by atoms with van der Waals surface area (Å²) in [6.07, 6.45) is 10.1. The highest BCUT2D eigenvalue weighted by atomic mass is 16.5. The van der Waals surface area contributed by atoms with Gasteiger partial charge in [0.1, 0.15) is 24.1 Å². The predicted molar refractivity (Wildman–Crippen MR) is 163 cm³/mol. The molecule has 2 rings (SSSR count). The number of nitrogens with one attached hydrogen (secondary N) is 1. The lowest BCUT2D eigenvalue weighted by molar-refractivity contribution is -0.122. The number of aliphatic imine (C=N–C) groups is 1. The molecular weight excluding hydrogens is 488 g/mol. The second-order valence-electron chi connectivity index (χ2n) is 9.21. The molecule has 5 N–H and O–H groups in total. The smallest absolute Gasteiger partial charge is 0.245 e. The van der Waals surface area contributed by atoms with E-state index < -0.39 is 6.04 Å². The normalized spacial score (nSPS) is 10.7. The standard InChI is InChI=1S/C28H40N4O3.C4H6/c1-22(2)20-26(32-28(29)30)27(33)31-18-10-5-3-4-6-11-19-34-24-14-16-25(17-15-24)35-21-23-12-8-7-9-13-23;1-3-4-2/h7-9,12-17,26H,1,3-6,10-11,18-21H2,2H3,(H,31,33)(H4,29,30,32);3-4H,1-2H2. The number of nitrogens with zero attached hydrogens (tertiary/aromatic N) is 1. The summed E-state index contributed by atoms with van der Waals surface area (Å²) in [6, 6.07) is 17.3. The summed E-state index contributed by atoms with van der Waals surface area (Å²) in [5.74, 6) is 1.45. The summed E-state index contributed by atoms with van der Waals surface area (Å²) in [6.45, 7) is 14.3. The maximum absolute atomic E-state index is 12.3. The molecule has 2 aromatic rings. The molecule has 0 aromatic heterocycles. The summed E-state index contributed by atoms with van der Waals surface area (Å²) < 4.78 is 11.6. The minimum atomic E-state index is -0.601. The molecule has 7 nitrogen and oxygen atoms in total. The lowest BCUT2D eigenvalue weighted by Crippen LogP contribution is -2.37. The van der Waals surface area contributed by atoms with Crippen LogP contribution in [-0.2, 0) is 11.4 Å². The summed E-state index contributed by atoms with van der Waals surface area (Å²) in [5.41, 5.74) is 12.9. The molecule has 39 heavy (non-hydrogen) atoms. The van der Waals surface area contributed by atoms with E-state index in [0.717, 1.165) is 61.2 Å². The average molecular weight is 535 g/mol. The molecular formula is C32H46N4O3. The van der Waals surface area contributed by atoms with Crippen LogP contribution in [0.3, 0.4) is 0 Å². The van der Waals surface area contributed by atoms with Crippen molar-refractivity contribution in [1.29, 1.82) is 0 Å². The number of hydrogen-bond donors (Lipinski definition) is 3. The van der Waals surface area contributed by atoms with Crippen LogP contribution in [0.2, 0.25) is 0 Å². The quantitative estimate of drug-likeness (QED) is 0.0707. The number of amides is 1. The van der Waals surface area contributed by atoms with E-state index in [2.05, 4.69) is 30.0 Å². The number of nitrogens with two attached hydrogens (primary N) is 2. The maximum atomic E-state index is 12.3. The van der Waals surface area contributed by atoms with Crippen LogP contribution in [0.1, 0.15) is 57.4 Å². The number of guanidine groups is 1. The zero-order valence-electron chi connectivity index (χ0n) is 23.4. The molecule has 0 saturated carbocycles. The van der Waals surface area contributed by atoms with Crippen molar-refractivity contribution in [2.45, 2.75) is 64.5 Å². The first-order valence-corrected chi connectivity index (χ1v) is 13.5. The summed E-state index contributed by atoms with van der Waals surface area (Å²) in [4.78, 5) is 16.3. The first-order valence-electron chi connectivity index (χ1n) is 13.5. The lowest BCUT2D eigenvalue weighted by atomic mass is 10.1. The van der Waals surface area contributed by atoms with Gasteiger partial charge in [0.15, 0.2) is 5.96 Å². The van der Waals surface area contributed by atoms with Crippen molar-refractivity contribution >= 4 is 11.9 Å². The highest BCUT2D eigenvalue weighted by Crippen LogP contribution is 2.19. The molecule has 0 heterocycles. The fourth-order valence-electron chi connectivity index (χ4n) is 3.53. The average Bonchev–Trinajstić information content (AvgIpc) is 2.93. The van der Waals surface area contributed by atoms with Crippen LogP contribution in [0.25, 0.3) is 0 Å². The van der Waals surface area contributed by atoms with Crippen molar-refractivity contribution in [3.63, 3.8) is 0 Å². The largest absolute Gasteiger partial charge is 0.494 e. The topological polar surface area (TPSA) is 112 Å². The van der Waals surface area contributed by atoms with Gasteiger partial charge in [0.05, 0.1) is 6.61 Å². The van der Waals surface area contributed by atoms with Gasteiger partial charge in [0.2, 0.25) is 5.91 Å². The summed E-state index contributed by atoms with van der Waals surface area (Å²) in [5, 5.41) is 2.92. The van der Waals surface area contributed by atoms with Crippen LogP contribution in [0.15, 0.2) is 97.1 Å². The van der Waals surface area contributed by atoms with Gasteiger partial charge in [0.25, 0.3) is 0 Å². The number of carbonyl (C=O) groups is 1. The summed E-state index contributed by atoms with van der Waals surface area (Å²) >= 11 is 0. The fourth-order valence-corrected chi connectivity index (χ4v) is 3.53. The van der Waals surface area contributed by atoms with Crippen LogP contribution in [0.4, 0.5) is 0 Å². The molecule has 1 atom stereocenters. The zero-order chi connectivity index (χ0) is 28.7. The zero-order valence-corrected chi connectivity index (χ0v) is 23.4. The molecule has 0 radical (unpaired) electrons. The van der Waals surface area contributed by atoms with Crippen LogP contribution in [0.5, 0.6) is 11.5 Å². The van der Waals surface area contributed by atoms with Crippen molar-refractivity contribution in [1.82, 2.24) is 5.32 Å². The van der Waals surface area contributed by atoms with Crippen LogP contribution in [0, 0.1) is 0 Å². The first kappa shape index (κ1) is 33.0. The second-order valence-corrected chi connectivity index (χ2v) is 9.21. The van der Waals surface area contributed by atoms with Gasteiger partial charge in [-0.25, -0.2) is 4.99 Å². The first-order chi connectivity index (χ1) is 18.8. The van der Waals surface area contributed by atoms with E-state index in [-0.39, 0.29) is 11.9 Å². The maximum Gasteiger partial charge on any atom is 0.245 e.